The van der Waals surface area contributed by atoms with Gasteiger partial charge < -0.3 is 0 Å². The Morgan fingerprint density at radius 1 is 0.923 bits per heavy atom. The number of benzene rings is 2. The third kappa shape index (κ3) is 5.06. The zero-order chi connectivity index (χ0) is 19.5. The third-order valence-electron chi connectivity index (χ3n) is 3.93. The van der Waals surface area contributed by atoms with Crippen molar-refractivity contribution in [3.8, 4) is 0 Å². The molecule has 1 N–H and O–H groups in total. The molecule has 0 radical (unpaired) electrons. The molecule has 0 unspecified atom stereocenters. The van der Waals surface area contributed by atoms with Gasteiger partial charge in [0.2, 0.25) is 20.0 Å². The largest absolute Gasteiger partial charge is 0.269 e. The van der Waals surface area contributed by atoms with Crippen LogP contribution in [0.4, 0.5) is 5.69 Å². The van der Waals surface area contributed by atoms with E-state index in [0.29, 0.717) is 11.3 Å². The van der Waals surface area contributed by atoms with E-state index in [1.54, 1.807) is 37.3 Å². The van der Waals surface area contributed by atoms with Gasteiger partial charge in [-0.3, -0.25) is 4.31 Å². The van der Waals surface area contributed by atoms with Crippen LogP contribution in [-0.2, 0) is 20.0 Å². The highest BCUT2D eigenvalue weighted by Gasteiger charge is 2.20. The van der Waals surface area contributed by atoms with Gasteiger partial charge in [0.15, 0.2) is 0 Å². The summed E-state index contributed by atoms with van der Waals surface area (Å²) in [6.07, 6.45) is 1.11. The van der Waals surface area contributed by atoms with Crippen LogP contribution in [-0.4, -0.2) is 36.2 Å². The second kappa shape index (κ2) is 7.77. The van der Waals surface area contributed by atoms with Gasteiger partial charge in [-0.05, 0) is 55.7 Å². The molecule has 0 spiro atoms. The van der Waals surface area contributed by atoms with E-state index in [4.69, 9.17) is 0 Å². The summed E-state index contributed by atoms with van der Waals surface area (Å²) in [5, 5.41) is 0. The Morgan fingerprint density at radius 3 is 2.19 bits per heavy atom. The number of nitrogens with one attached hydrogen (secondary N) is 1. The standard InChI is InChI=1S/C18H24N2O4S2/c1-14-6-5-7-17(12-14)20(25(4,21)22)11-10-19-26(23,24)18-13-15(2)8-9-16(18)3/h5-9,12-13,19H,10-11H2,1-4H3. The number of aryl methyl sites for hydroxylation is 3. The van der Waals surface area contributed by atoms with Gasteiger partial charge in [0.1, 0.15) is 0 Å². The van der Waals surface area contributed by atoms with E-state index in [-0.39, 0.29) is 18.0 Å². The van der Waals surface area contributed by atoms with Crippen LogP contribution in [0.5, 0.6) is 0 Å². The maximum absolute atomic E-state index is 12.5. The Morgan fingerprint density at radius 2 is 1.58 bits per heavy atom. The molecule has 0 atom stereocenters. The highest BCUT2D eigenvalue weighted by Crippen LogP contribution is 2.19. The smallest absolute Gasteiger partial charge is 0.240 e. The Labute approximate surface area is 156 Å². The molecule has 142 valence electrons. The fourth-order valence-corrected chi connectivity index (χ4v) is 4.89. The van der Waals surface area contributed by atoms with Crippen molar-refractivity contribution in [3.05, 3.63) is 59.2 Å². The predicted octanol–water partition coefficient (Wildman–Crippen LogP) is 2.36. The van der Waals surface area contributed by atoms with Gasteiger partial charge in [-0.2, -0.15) is 0 Å². The topological polar surface area (TPSA) is 83.6 Å². The summed E-state index contributed by atoms with van der Waals surface area (Å²) in [4.78, 5) is 0.207. The molecule has 0 aliphatic rings. The first kappa shape index (κ1) is 20.4. The van der Waals surface area contributed by atoms with Gasteiger partial charge in [-0.25, -0.2) is 21.6 Å². The van der Waals surface area contributed by atoms with E-state index in [0.717, 1.165) is 17.4 Å². The Balaban J connectivity index is 2.18. The van der Waals surface area contributed by atoms with Gasteiger partial charge in [0.05, 0.1) is 16.8 Å². The summed E-state index contributed by atoms with van der Waals surface area (Å²) >= 11 is 0. The summed E-state index contributed by atoms with van der Waals surface area (Å²) < 4.78 is 53.0. The first-order valence-corrected chi connectivity index (χ1v) is 11.5. The van der Waals surface area contributed by atoms with Gasteiger partial charge >= 0.3 is 0 Å². The SMILES string of the molecule is Cc1cccc(N(CCNS(=O)(=O)c2cc(C)ccc2C)S(C)(=O)=O)c1. The van der Waals surface area contributed by atoms with Crippen molar-refractivity contribution in [2.45, 2.75) is 25.7 Å². The molecule has 0 bridgehead atoms. The number of anilines is 1. The average Bonchev–Trinajstić information content (AvgIpc) is 2.52. The van der Waals surface area contributed by atoms with Gasteiger partial charge in [0, 0.05) is 13.1 Å². The number of hydrogen-bond acceptors (Lipinski definition) is 4. The second-order valence-electron chi connectivity index (χ2n) is 6.34. The molecule has 8 heteroatoms. The zero-order valence-corrected chi connectivity index (χ0v) is 17.0. The molecule has 0 amide bonds. The van der Waals surface area contributed by atoms with E-state index in [2.05, 4.69) is 4.72 Å². The molecule has 2 aromatic carbocycles. The molecule has 0 saturated carbocycles. The van der Waals surface area contributed by atoms with Crippen LogP contribution in [0, 0.1) is 20.8 Å². The fourth-order valence-electron chi connectivity index (χ4n) is 2.63. The summed E-state index contributed by atoms with van der Waals surface area (Å²) in [5.74, 6) is 0. The van der Waals surface area contributed by atoms with E-state index in [1.807, 2.05) is 26.0 Å². The third-order valence-corrected chi connectivity index (χ3v) is 6.73. The Hall–Kier alpha value is -1.90. The predicted molar refractivity (Wildman–Crippen MR) is 104 cm³/mol. The van der Waals surface area contributed by atoms with E-state index in [9.17, 15) is 16.8 Å². The minimum absolute atomic E-state index is 0.00633. The van der Waals surface area contributed by atoms with E-state index in [1.165, 1.54) is 4.31 Å². The quantitative estimate of drug-likeness (QED) is 0.779. The van der Waals surface area contributed by atoms with Crippen molar-refractivity contribution in [1.82, 2.24) is 4.72 Å². The maximum Gasteiger partial charge on any atom is 0.240 e. The molecule has 0 aromatic heterocycles. The van der Waals surface area contributed by atoms with Crippen LogP contribution in [0.25, 0.3) is 0 Å². The molecule has 0 aliphatic heterocycles. The normalized spacial score (nSPS) is 12.2. The van der Waals surface area contributed by atoms with E-state index < -0.39 is 20.0 Å². The number of hydrogen-bond donors (Lipinski definition) is 1. The molecule has 6 nitrogen and oxygen atoms in total. The van der Waals surface area contributed by atoms with Crippen molar-refractivity contribution >= 4 is 25.7 Å². The maximum atomic E-state index is 12.5. The lowest BCUT2D eigenvalue weighted by molar-refractivity contribution is 0.577. The fraction of sp³-hybridized carbons (Fsp3) is 0.333. The first-order chi connectivity index (χ1) is 12.0. The zero-order valence-electron chi connectivity index (χ0n) is 15.4. The van der Waals surface area contributed by atoms with Crippen LogP contribution >= 0.6 is 0 Å². The minimum Gasteiger partial charge on any atom is -0.269 e. The van der Waals surface area contributed by atoms with Gasteiger partial charge in [-0.1, -0.05) is 24.3 Å². The minimum atomic E-state index is -3.72. The molecular formula is C18H24N2O4S2. The second-order valence-corrected chi connectivity index (χ2v) is 9.98. The monoisotopic (exact) mass is 396 g/mol. The van der Waals surface area contributed by atoms with Crippen molar-refractivity contribution in [2.24, 2.45) is 0 Å². The van der Waals surface area contributed by atoms with Crippen LogP contribution < -0.4 is 9.03 Å². The van der Waals surface area contributed by atoms with Gasteiger partial charge in [-0.15, -0.1) is 0 Å². The highest BCUT2D eigenvalue weighted by molar-refractivity contribution is 7.92. The number of nitrogens with zero attached hydrogens (tertiary/aromatic N) is 1. The number of rotatable bonds is 7. The first-order valence-electron chi connectivity index (χ1n) is 8.12. The molecule has 0 heterocycles. The summed E-state index contributed by atoms with van der Waals surface area (Å²) in [5.41, 5.74) is 2.92. The van der Waals surface area contributed by atoms with Crippen molar-refractivity contribution in [3.63, 3.8) is 0 Å². The van der Waals surface area contributed by atoms with Crippen LogP contribution in [0.3, 0.4) is 0 Å². The lowest BCUT2D eigenvalue weighted by Crippen LogP contribution is -2.38. The lowest BCUT2D eigenvalue weighted by atomic mass is 10.2. The van der Waals surface area contributed by atoms with Gasteiger partial charge in [0.25, 0.3) is 0 Å². The molecule has 2 aromatic rings. The van der Waals surface area contributed by atoms with Crippen molar-refractivity contribution < 1.29 is 16.8 Å². The van der Waals surface area contributed by atoms with Crippen LogP contribution in [0.1, 0.15) is 16.7 Å². The highest BCUT2D eigenvalue weighted by atomic mass is 32.2. The molecule has 26 heavy (non-hydrogen) atoms. The summed E-state index contributed by atoms with van der Waals surface area (Å²) in [6.45, 7) is 5.39. The Bertz CT molecular complexity index is 1000. The van der Waals surface area contributed by atoms with Crippen LogP contribution in [0.2, 0.25) is 0 Å². The van der Waals surface area contributed by atoms with Crippen LogP contribution in [0.15, 0.2) is 47.4 Å². The molecule has 2 rings (SSSR count). The van der Waals surface area contributed by atoms with E-state index >= 15 is 0 Å². The summed E-state index contributed by atoms with van der Waals surface area (Å²) in [7, 11) is -7.25. The van der Waals surface area contributed by atoms with Crippen molar-refractivity contribution in [1.29, 1.82) is 0 Å². The Kier molecular flexibility index (Phi) is 6.10. The summed E-state index contributed by atoms with van der Waals surface area (Å²) in [6, 6.07) is 12.3. The molecule has 0 aliphatic carbocycles. The molecule has 0 fully saturated rings. The average molecular weight is 397 g/mol. The lowest BCUT2D eigenvalue weighted by Gasteiger charge is -2.23. The molecular weight excluding hydrogens is 372 g/mol. The van der Waals surface area contributed by atoms with Crippen molar-refractivity contribution in [2.75, 3.05) is 23.7 Å². The number of sulfonamides is 2. The molecule has 0 saturated heterocycles.